The minimum Gasteiger partial charge on any atom is -0.497 e. The fraction of sp³-hybridized carbons (Fsp3) is 0.636. The van der Waals surface area contributed by atoms with Crippen molar-refractivity contribution in [2.45, 2.75) is 49.0 Å². The number of anilines is 1. The lowest BCUT2D eigenvalue weighted by Gasteiger charge is -2.63. The van der Waals surface area contributed by atoms with Crippen molar-refractivity contribution < 1.29 is 20.1 Å². The molecule has 0 radical (unpaired) electrons. The number of rotatable bonds is 3. The van der Waals surface area contributed by atoms with E-state index in [9.17, 15) is 15.3 Å². The van der Waals surface area contributed by atoms with E-state index in [1.807, 2.05) is 19.2 Å². The number of likely N-dealkylation sites (N-methyl/N-ethyl adjacent to an activating group) is 1. The van der Waals surface area contributed by atoms with Gasteiger partial charge in [-0.05, 0) is 31.0 Å². The highest BCUT2D eigenvalue weighted by atomic mass is 16.5. The average molecular weight is 386 g/mol. The molecule has 28 heavy (non-hydrogen) atoms. The maximum Gasteiger partial charge on any atom is 0.135 e. The summed E-state index contributed by atoms with van der Waals surface area (Å²) in [6, 6.07) is 5.81. The van der Waals surface area contributed by atoms with Crippen LogP contribution in [0.15, 0.2) is 30.4 Å². The van der Waals surface area contributed by atoms with Crippen LogP contribution in [0.3, 0.4) is 0 Å². The van der Waals surface area contributed by atoms with Crippen molar-refractivity contribution in [1.29, 1.82) is 0 Å². The van der Waals surface area contributed by atoms with E-state index in [2.05, 4.69) is 34.9 Å². The molecule has 1 aromatic rings. The summed E-state index contributed by atoms with van der Waals surface area (Å²) >= 11 is 0. The lowest BCUT2D eigenvalue weighted by Crippen LogP contribution is -2.79. The third-order valence-electron chi connectivity index (χ3n) is 8.23. The summed E-state index contributed by atoms with van der Waals surface area (Å²) in [4.78, 5) is 4.53. The Hall–Kier alpha value is -1.60. The molecule has 3 heterocycles. The van der Waals surface area contributed by atoms with Gasteiger partial charge < -0.3 is 25.0 Å². The first-order valence-electron chi connectivity index (χ1n) is 10.2. The van der Waals surface area contributed by atoms with E-state index in [4.69, 9.17) is 4.74 Å². The van der Waals surface area contributed by atoms with Crippen molar-refractivity contribution in [3.05, 3.63) is 35.9 Å². The molecule has 1 saturated heterocycles. The molecule has 1 saturated carbocycles. The molecule has 1 spiro atoms. The number of fused-ring (bicyclic) bond motifs is 1. The normalized spacial score (nSPS) is 43.6. The number of nitrogens with zero attached hydrogens (tertiary/aromatic N) is 2. The van der Waals surface area contributed by atoms with Gasteiger partial charge in [-0.25, -0.2) is 0 Å². The summed E-state index contributed by atoms with van der Waals surface area (Å²) in [5.74, 6) is 0.772. The minimum absolute atomic E-state index is 0.0823. The Bertz CT molecular complexity index is 844. The van der Waals surface area contributed by atoms with Crippen LogP contribution < -0.4 is 9.64 Å². The number of hydrogen-bond donors (Lipinski definition) is 3. The predicted octanol–water partition coefficient (Wildman–Crippen LogP) is 0.890. The van der Waals surface area contributed by atoms with Gasteiger partial charge in [0.25, 0.3) is 0 Å². The average Bonchev–Trinajstić information content (AvgIpc) is 3.23. The molecule has 6 atom stereocenters. The third-order valence-corrected chi connectivity index (χ3v) is 8.23. The predicted molar refractivity (Wildman–Crippen MR) is 107 cm³/mol. The molecule has 4 aliphatic rings. The van der Waals surface area contributed by atoms with E-state index >= 15 is 0 Å². The van der Waals surface area contributed by atoms with E-state index in [-0.39, 0.29) is 11.5 Å². The van der Waals surface area contributed by atoms with E-state index < -0.39 is 29.8 Å². The highest BCUT2D eigenvalue weighted by Gasteiger charge is 2.76. The highest BCUT2D eigenvalue weighted by Crippen LogP contribution is 2.66. The molecule has 0 aromatic heterocycles. The molecular weight excluding hydrogens is 356 g/mol. The van der Waals surface area contributed by atoms with E-state index in [0.717, 1.165) is 30.9 Å². The van der Waals surface area contributed by atoms with Crippen LogP contribution in [-0.2, 0) is 5.41 Å². The van der Waals surface area contributed by atoms with Crippen LogP contribution in [0.4, 0.5) is 5.69 Å². The van der Waals surface area contributed by atoms with Crippen LogP contribution in [-0.4, -0.2) is 77.9 Å². The number of aliphatic hydroxyl groups is 3. The summed E-state index contributed by atoms with van der Waals surface area (Å²) < 4.78 is 5.46. The Balaban J connectivity index is 1.83. The second-order valence-electron chi connectivity index (χ2n) is 9.00. The second kappa shape index (κ2) is 5.72. The first-order valence-corrected chi connectivity index (χ1v) is 10.2. The monoisotopic (exact) mass is 386 g/mol. The van der Waals surface area contributed by atoms with Crippen molar-refractivity contribution in [2.75, 3.05) is 38.8 Å². The lowest BCUT2D eigenvalue weighted by molar-refractivity contribution is -0.213. The summed E-state index contributed by atoms with van der Waals surface area (Å²) in [6.45, 7) is 3.38. The van der Waals surface area contributed by atoms with Crippen molar-refractivity contribution in [2.24, 2.45) is 5.41 Å². The van der Waals surface area contributed by atoms with Crippen LogP contribution in [0.2, 0.25) is 0 Å². The zero-order valence-corrected chi connectivity index (χ0v) is 16.8. The quantitative estimate of drug-likeness (QED) is 0.670. The molecule has 3 N–H and O–H groups in total. The van der Waals surface area contributed by atoms with Crippen molar-refractivity contribution in [3.8, 4) is 5.75 Å². The molecule has 6 nitrogen and oxygen atoms in total. The molecule has 2 fully saturated rings. The Morgan fingerprint density at radius 1 is 1.29 bits per heavy atom. The van der Waals surface area contributed by atoms with Crippen molar-refractivity contribution in [1.82, 2.24) is 4.90 Å². The lowest BCUT2D eigenvalue weighted by atomic mass is 9.48. The smallest absolute Gasteiger partial charge is 0.135 e. The van der Waals surface area contributed by atoms with Gasteiger partial charge in [0, 0.05) is 42.2 Å². The molecule has 0 amide bonds. The van der Waals surface area contributed by atoms with Crippen LogP contribution >= 0.6 is 0 Å². The first kappa shape index (κ1) is 18.4. The SMILES string of the molecule is CC[C@]12C=CCN3CC[C@@]4(c5ccc(OC)cc5N(C)[C@H]4[C@](O)(CO)[C@@H]1O)[C@@H]32. The summed E-state index contributed by atoms with van der Waals surface area (Å²) in [5.41, 5.74) is -0.351. The minimum atomic E-state index is -1.62. The molecule has 5 rings (SSSR count). The number of benzene rings is 1. The van der Waals surface area contributed by atoms with Gasteiger partial charge >= 0.3 is 0 Å². The Morgan fingerprint density at radius 2 is 2.07 bits per heavy atom. The number of ether oxygens (including phenoxy) is 1. The molecule has 152 valence electrons. The Kier molecular flexibility index (Phi) is 3.77. The summed E-state index contributed by atoms with van der Waals surface area (Å²) in [7, 11) is 3.62. The highest BCUT2D eigenvalue weighted by molar-refractivity contribution is 5.70. The summed E-state index contributed by atoms with van der Waals surface area (Å²) in [6.07, 6.45) is 4.79. The largest absolute Gasteiger partial charge is 0.497 e. The van der Waals surface area contributed by atoms with Gasteiger partial charge in [0.1, 0.15) is 11.4 Å². The molecule has 0 bridgehead atoms. The molecule has 0 unspecified atom stereocenters. The van der Waals surface area contributed by atoms with Gasteiger partial charge in [-0.15, -0.1) is 0 Å². The van der Waals surface area contributed by atoms with Crippen LogP contribution in [0.1, 0.15) is 25.3 Å². The molecule has 3 aliphatic heterocycles. The zero-order valence-electron chi connectivity index (χ0n) is 16.8. The Labute approximate surface area is 166 Å². The fourth-order valence-electron chi connectivity index (χ4n) is 7.27. The molecule has 1 aromatic carbocycles. The van der Waals surface area contributed by atoms with Gasteiger partial charge in [0.05, 0.1) is 25.9 Å². The summed E-state index contributed by atoms with van der Waals surface area (Å²) in [5, 5.41) is 33.7. The third kappa shape index (κ3) is 1.79. The first-order chi connectivity index (χ1) is 13.4. The van der Waals surface area contributed by atoms with E-state index in [1.54, 1.807) is 7.11 Å². The topological polar surface area (TPSA) is 76.4 Å². The van der Waals surface area contributed by atoms with E-state index in [1.165, 1.54) is 5.56 Å². The van der Waals surface area contributed by atoms with Crippen molar-refractivity contribution >= 4 is 5.69 Å². The number of aliphatic hydroxyl groups excluding tert-OH is 2. The number of methoxy groups -OCH3 is 1. The van der Waals surface area contributed by atoms with Gasteiger partial charge in [-0.1, -0.05) is 25.1 Å². The van der Waals surface area contributed by atoms with Gasteiger partial charge in [-0.2, -0.15) is 0 Å². The van der Waals surface area contributed by atoms with Crippen LogP contribution in [0.5, 0.6) is 5.75 Å². The molecule has 6 heteroatoms. The van der Waals surface area contributed by atoms with Crippen LogP contribution in [0, 0.1) is 5.41 Å². The van der Waals surface area contributed by atoms with Crippen molar-refractivity contribution in [3.63, 3.8) is 0 Å². The maximum absolute atomic E-state index is 11.8. The zero-order chi connectivity index (χ0) is 19.9. The van der Waals surface area contributed by atoms with Gasteiger partial charge in [-0.3, -0.25) is 4.90 Å². The van der Waals surface area contributed by atoms with E-state index in [0.29, 0.717) is 6.42 Å². The standard InChI is InChI=1S/C22H30N2O4/c1-4-20-8-5-10-24-11-9-21(17(20)24)15-7-6-14(28-3)12-16(15)23(2)18(21)22(27,13-25)19(20)26/h5-8,12,17-19,25-27H,4,9-11,13H2,1-3H3/t17-,18+,19+,20+,21+,22+/m0/s1. The van der Waals surface area contributed by atoms with Crippen LogP contribution in [0.25, 0.3) is 0 Å². The Morgan fingerprint density at radius 3 is 2.75 bits per heavy atom. The second-order valence-corrected chi connectivity index (χ2v) is 9.00. The number of hydrogen-bond acceptors (Lipinski definition) is 6. The molecular formula is C22H30N2O4. The van der Waals surface area contributed by atoms with Gasteiger partial charge in [0.2, 0.25) is 0 Å². The molecule has 1 aliphatic carbocycles. The fourth-order valence-corrected chi connectivity index (χ4v) is 7.27. The van der Waals surface area contributed by atoms with Gasteiger partial charge in [0.15, 0.2) is 0 Å². The maximum atomic E-state index is 11.8.